The van der Waals surface area contributed by atoms with Gasteiger partial charge < -0.3 is 10.1 Å². The highest BCUT2D eigenvalue weighted by molar-refractivity contribution is 6.30. The van der Waals surface area contributed by atoms with E-state index in [1.165, 1.54) is 18.2 Å². The maximum absolute atomic E-state index is 13.8. The Morgan fingerprint density at radius 3 is 2.41 bits per heavy atom. The number of hydrogen-bond donors (Lipinski definition) is 3. The number of amides is 3. The summed E-state index contributed by atoms with van der Waals surface area (Å²) in [6, 6.07) is 3.16. The van der Waals surface area contributed by atoms with Gasteiger partial charge in [-0.1, -0.05) is 31.5 Å². The topological polar surface area (TPSA) is 96.5 Å². The van der Waals surface area contributed by atoms with Crippen molar-refractivity contribution in [1.82, 2.24) is 16.2 Å². The molecule has 0 aliphatic rings. The summed E-state index contributed by atoms with van der Waals surface area (Å²) in [7, 11) is 0. The third-order valence-electron chi connectivity index (χ3n) is 3.40. The van der Waals surface area contributed by atoms with Crippen molar-refractivity contribution in [1.29, 1.82) is 0 Å². The maximum atomic E-state index is 13.8. The molecule has 1 rings (SSSR count). The average molecular weight is 428 g/mol. The zero-order valence-corrected chi connectivity index (χ0v) is 17.9. The summed E-state index contributed by atoms with van der Waals surface area (Å²) in [5.41, 5.74) is 3.83. The van der Waals surface area contributed by atoms with Gasteiger partial charge in [0.25, 0.3) is 5.91 Å². The van der Waals surface area contributed by atoms with Gasteiger partial charge in [0.1, 0.15) is 17.5 Å². The number of benzene rings is 1. The van der Waals surface area contributed by atoms with E-state index in [0.717, 1.165) is 12.1 Å². The number of carbonyl (C=O) groups is 3. The second-order valence-electron chi connectivity index (χ2n) is 7.81. The van der Waals surface area contributed by atoms with Crippen LogP contribution < -0.4 is 16.2 Å². The molecule has 1 atom stereocenters. The fourth-order valence-corrected chi connectivity index (χ4v) is 2.39. The van der Waals surface area contributed by atoms with Gasteiger partial charge >= 0.3 is 6.09 Å². The second kappa shape index (κ2) is 10.8. The molecular weight excluding hydrogens is 401 g/mol. The number of ether oxygens (including phenoxy) is 1. The van der Waals surface area contributed by atoms with E-state index in [4.69, 9.17) is 16.3 Å². The molecule has 0 aliphatic carbocycles. The van der Waals surface area contributed by atoms with Gasteiger partial charge in [0.15, 0.2) is 0 Å². The van der Waals surface area contributed by atoms with Gasteiger partial charge in [0.2, 0.25) is 5.91 Å². The lowest BCUT2D eigenvalue weighted by Gasteiger charge is -2.22. The summed E-state index contributed by atoms with van der Waals surface area (Å²) in [5, 5.41) is 2.79. The Morgan fingerprint density at radius 2 is 1.86 bits per heavy atom. The van der Waals surface area contributed by atoms with Crippen molar-refractivity contribution >= 4 is 35.6 Å². The predicted molar refractivity (Wildman–Crippen MR) is 109 cm³/mol. The molecule has 7 nitrogen and oxygen atoms in total. The normalized spacial score (nSPS) is 12.6. The first-order valence-electron chi connectivity index (χ1n) is 9.10. The van der Waals surface area contributed by atoms with E-state index in [-0.39, 0.29) is 16.5 Å². The summed E-state index contributed by atoms with van der Waals surface area (Å²) in [4.78, 5) is 36.2. The van der Waals surface area contributed by atoms with Crippen LogP contribution >= 0.6 is 11.6 Å². The molecule has 3 amide bonds. The van der Waals surface area contributed by atoms with Crippen LogP contribution in [0, 0.1) is 11.7 Å². The van der Waals surface area contributed by atoms with Crippen LogP contribution in [-0.2, 0) is 14.3 Å². The van der Waals surface area contributed by atoms with Crippen molar-refractivity contribution in [2.24, 2.45) is 5.92 Å². The average Bonchev–Trinajstić information content (AvgIpc) is 2.56. The van der Waals surface area contributed by atoms with Crippen LogP contribution in [0.4, 0.5) is 9.18 Å². The van der Waals surface area contributed by atoms with Gasteiger partial charge in [-0.2, -0.15) is 0 Å². The molecule has 1 aromatic rings. The van der Waals surface area contributed by atoms with Gasteiger partial charge in [-0.25, -0.2) is 14.6 Å². The first kappa shape index (κ1) is 24.4. The lowest BCUT2D eigenvalue weighted by Crippen LogP contribution is -2.53. The molecule has 9 heteroatoms. The van der Waals surface area contributed by atoms with Crippen molar-refractivity contribution in [2.75, 3.05) is 0 Å². The SMILES string of the molecule is CC(C)CC(NC(=O)/C=C/c1ccc(Cl)cc1F)C(=O)NNC(=O)OC(C)(C)C. The van der Waals surface area contributed by atoms with Crippen LogP contribution in [0.1, 0.15) is 46.6 Å². The summed E-state index contributed by atoms with van der Waals surface area (Å²) in [6.07, 6.45) is 1.91. The van der Waals surface area contributed by atoms with E-state index in [0.29, 0.717) is 6.42 Å². The van der Waals surface area contributed by atoms with Crippen molar-refractivity contribution in [2.45, 2.75) is 52.7 Å². The molecule has 0 bridgehead atoms. The van der Waals surface area contributed by atoms with Crippen LogP contribution in [0.15, 0.2) is 24.3 Å². The summed E-state index contributed by atoms with van der Waals surface area (Å²) in [5.74, 6) is -1.67. The Balaban J connectivity index is 2.71. The molecule has 1 unspecified atom stereocenters. The van der Waals surface area contributed by atoms with Crippen molar-refractivity contribution < 1.29 is 23.5 Å². The van der Waals surface area contributed by atoms with E-state index >= 15 is 0 Å². The quantitative estimate of drug-likeness (QED) is 0.477. The van der Waals surface area contributed by atoms with Crippen LogP contribution in [-0.4, -0.2) is 29.6 Å². The van der Waals surface area contributed by atoms with Crippen LogP contribution in [0.25, 0.3) is 6.08 Å². The zero-order chi connectivity index (χ0) is 22.2. The van der Waals surface area contributed by atoms with E-state index in [1.807, 2.05) is 13.8 Å². The number of nitrogens with one attached hydrogen (secondary N) is 3. The highest BCUT2D eigenvalue weighted by Gasteiger charge is 2.23. The summed E-state index contributed by atoms with van der Waals surface area (Å²) < 4.78 is 18.8. The minimum atomic E-state index is -0.905. The molecule has 0 aromatic heterocycles. The Bertz CT molecular complexity index is 775. The van der Waals surface area contributed by atoms with Gasteiger partial charge in [0.05, 0.1) is 0 Å². The molecule has 0 spiro atoms. The van der Waals surface area contributed by atoms with Crippen molar-refractivity contribution in [3.05, 3.63) is 40.7 Å². The number of carbonyl (C=O) groups excluding carboxylic acids is 3. The van der Waals surface area contributed by atoms with Crippen molar-refractivity contribution in [3.63, 3.8) is 0 Å². The predicted octanol–water partition coefficient (Wildman–Crippen LogP) is 3.58. The fourth-order valence-electron chi connectivity index (χ4n) is 2.23. The smallest absolute Gasteiger partial charge is 0.426 e. The highest BCUT2D eigenvalue weighted by atomic mass is 35.5. The first-order chi connectivity index (χ1) is 13.4. The Morgan fingerprint density at radius 1 is 1.21 bits per heavy atom. The molecule has 0 radical (unpaired) electrons. The maximum Gasteiger partial charge on any atom is 0.426 e. The number of rotatable bonds is 6. The third-order valence-corrected chi connectivity index (χ3v) is 3.64. The Labute approximate surface area is 175 Å². The van der Waals surface area contributed by atoms with E-state index in [2.05, 4.69) is 16.2 Å². The van der Waals surface area contributed by atoms with E-state index in [1.54, 1.807) is 20.8 Å². The largest absolute Gasteiger partial charge is 0.443 e. The minimum absolute atomic E-state index is 0.0882. The van der Waals surface area contributed by atoms with E-state index in [9.17, 15) is 18.8 Å². The molecule has 0 aliphatic heterocycles. The number of hydrazine groups is 1. The first-order valence-corrected chi connectivity index (χ1v) is 9.47. The molecule has 0 heterocycles. The highest BCUT2D eigenvalue weighted by Crippen LogP contribution is 2.15. The van der Waals surface area contributed by atoms with Gasteiger partial charge in [0, 0.05) is 16.7 Å². The molecule has 160 valence electrons. The molecule has 0 saturated heterocycles. The minimum Gasteiger partial charge on any atom is -0.443 e. The molecule has 3 N–H and O–H groups in total. The van der Waals surface area contributed by atoms with Gasteiger partial charge in [-0.05, 0) is 51.3 Å². The van der Waals surface area contributed by atoms with E-state index < -0.39 is 35.4 Å². The monoisotopic (exact) mass is 427 g/mol. The number of halogens is 2. The standard InChI is InChI=1S/C20H27ClFN3O4/c1-12(2)10-16(18(27)24-25-19(28)29-20(3,4)5)23-17(26)9-7-13-6-8-14(21)11-15(13)22/h6-9,11-12,16H,10H2,1-5H3,(H,23,26)(H,24,27)(H,25,28)/b9-7+. The lowest BCUT2D eigenvalue weighted by atomic mass is 10.0. The molecule has 0 fully saturated rings. The third kappa shape index (κ3) is 9.94. The van der Waals surface area contributed by atoms with Gasteiger partial charge in [-0.15, -0.1) is 0 Å². The van der Waals surface area contributed by atoms with Crippen LogP contribution in [0.5, 0.6) is 0 Å². The molecule has 1 aromatic carbocycles. The van der Waals surface area contributed by atoms with Crippen LogP contribution in [0.2, 0.25) is 5.02 Å². The van der Waals surface area contributed by atoms with Crippen LogP contribution in [0.3, 0.4) is 0 Å². The Kier molecular flexibility index (Phi) is 9.10. The lowest BCUT2D eigenvalue weighted by molar-refractivity contribution is -0.128. The molecule has 29 heavy (non-hydrogen) atoms. The molecular formula is C20H27ClFN3O4. The fraction of sp³-hybridized carbons (Fsp3) is 0.450. The second-order valence-corrected chi connectivity index (χ2v) is 8.24. The number of hydrogen-bond acceptors (Lipinski definition) is 4. The van der Waals surface area contributed by atoms with Gasteiger partial charge in [-0.3, -0.25) is 15.0 Å². The summed E-state index contributed by atoms with van der Waals surface area (Å²) in [6.45, 7) is 8.82. The Hall–Kier alpha value is -2.61. The molecule has 0 saturated carbocycles. The zero-order valence-electron chi connectivity index (χ0n) is 17.1. The van der Waals surface area contributed by atoms with Crippen molar-refractivity contribution in [3.8, 4) is 0 Å². The summed E-state index contributed by atoms with van der Waals surface area (Å²) >= 11 is 5.69.